The first-order chi connectivity index (χ1) is 25.1. The fraction of sp³-hybridized carbons (Fsp3) is 0.109. The molecule has 5 nitrogen and oxygen atoms in total. The molecule has 7 aromatic rings. The molecule has 0 amide bonds. The van der Waals surface area contributed by atoms with E-state index in [0.717, 1.165) is 46.7 Å². The summed E-state index contributed by atoms with van der Waals surface area (Å²) in [5.41, 5.74) is 14.9. The zero-order valence-corrected chi connectivity index (χ0v) is 28.6. The van der Waals surface area contributed by atoms with Gasteiger partial charge in [-0.3, -0.25) is 4.90 Å². The molecule has 0 radical (unpaired) electrons. The molecule has 10 rings (SSSR count). The van der Waals surface area contributed by atoms with E-state index in [0.29, 0.717) is 17.6 Å². The zero-order chi connectivity index (χ0) is 34.1. The first-order valence-corrected chi connectivity index (χ1v) is 17.7. The van der Waals surface area contributed by atoms with Crippen molar-refractivity contribution in [3.05, 3.63) is 174 Å². The Hall–Kier alpha value is -6.33. The highest BCUT2D eigenvalue weighted by Crippen LogP contribution is 2.61. The summed E-state index contributed by atoms with van der Waals surface area (Å²) >= 11 is 0. The van der Waals surface area contributed by atoms with E-state index in [1.54, 1.807) is 0 Å². The van der Waals surface area contributed by atoms with Crippen LogP contribution in [0.4, 0.5) is 28.7 Å². The van der Waals surface area contributed by atoms with Crippen molar-refractivity contribution in [1.29, 1.82) is 0 Å². The van der Waals surface area contributed by atoms with Gasteiger partial charge in [-0.2, -0.15) is 9.97 Å². The molecule has 5 heteroatoms. The van der Waals surface area contributed by atoms with Gasteiger partial charge >= 0.3 is 0 Å². The number of hydrogen-bond acceptors (Lipinski definition) is 5. The second kappa shape index (κ2) is 11.4. The van der Waals surface area contributed by atoms with Gasteiger partial charge in [0.1, 0.15) is 0 Å². The highest BCUT2D eigenvalue weighted by Gasteiger charge is 2.43. The van der Waals surface area contributed by atoms with Gasteiger partial charge in [-0.05, 0) is 53.3 Å². The van der Waals surface area contributed by atoms with Crippen molar-refractivity contribution in [2.24, 2.45) is 0 Å². The van der Waals surface area contributed by atoms with E-state index < -0.39 is 0 Å². The minimum atomic E-state index is -0.273. The van der Waals surface area contributed by atoms with E-state index in [1.165, 1.54) is 39.1 Å². The molecule has 0 N–H and O–H groups in total. The Labute approximate surface area is 298 Å². The molecule has 0 unspecified atom stereocenters. The predicted molar refractivity (Wildman–Crippen MR) is 208 cm³/mol. The van der Waals surface area contributed by atoms with Crippen LogP contribution in [-0.2, 0) is 11.8 Å². The molecule has 1 aromatic heterocycles. The molecule has 3 heterocycles. The molecule has 0 atom stereocenters. The van der Waals surface area contributed by atoms with E-state index in [4.69, 9.17) is 15.0 Å². The fourth-order valence-electron chi connectivity index (χ4n) is 8.29. The first-order valence-electron chi connectivity index (χ1n) is 17.7. The van der Waals surface area contributed by atoms with Gasteiger partial charge in [0, 0.05) is 33.4 Å². The van der Waals surface area contributed by atoms with E-state index in [1.807, 2.05) is 36.4 Å². The molecular weight excluding hydrogens is 623 g/mol. The largest absolute Gasteiger partial charge is 0.308 e. The number of nitrogens with zero attached hydrogens (tertiary/aromatic N) is 5. The van der Waals surface area contributed by atoms with Crippen molar-refractivity contribution in [1.82, 2.24) is 15.0 Å². The number of fused-ring (bicyclic) bond motifs is 5. The summed E-state index contributed by atoms with van der Waals surface area (Å²) in [6.07, 6.45) is 4.32. The second-order valence-corrected chi connectivity index (χ2v) is 14.0. The van der Waals surface area contributed by atoms with Crippen LogP contribution in [0.2, 0.25) is 0 Å². The number of rotatable bonds is 4. The average molecular weight is 658 g/mol. The van der Waals surface area contributed by atoms with Gasteiger partial charge < -0.3 is 4.90 Å². The summed E-state index contributed by atoms with van der Waals surface area (Å²) in [7, 11) is 0. The van der Waals surface area contributed by atoms with Gasteiger partial charge in [0.15, 0.2) is 11.6 Å². The highest BCUT2D eigenvalue weighted by molar-refractivity contribution is 6.10. The minimum Gasteiger partial charge on any atom is -0.308 e. The summed E-state index contributed by atoms with van der Waals surface area (Å²) in [6, 6.07) is 51.6. The molecule has 0 saturated heterocycles. The summed E-state index contributed by atoms with van der Waals surface area (Å²) in [5.74, 6) is 1.90. The Morgan fingerprint density at radius 1 is 0.529 bits per heavy atom. The number of hydrogen-bond donors (Lipinski definition) is 0. The number of aromatic nitrogens is 3. The van der Waals surface area contributed by atoms with Crippen LogP contribution in [0.5, 0.6) is 0 Å². The van der Waals surface area contributed by atoms with Crippen molar-refractivity contribution in [2.45, 2.75) is 32.1 Å². The normalized spacial score (nSPS) is 14.9. The Morgan fingerprint density at radius 2 is 1.18 bits per heavy atom. The molecular formula is C46H35N5. The van der Waals surface area contributed by atoms with Crippen LogP contribution < -0.4 is 9.80 Å². The topological polar surface area (TPSA) is 45.2 Å². The third-order valence-corrected chi connectivity index (χ3v) is 10.7. The maximum absolute atomic E-state index is 5.35. The van der Waals surface area contributed by atoms with Crippen LogP contribution in [0.3, 0.4) is 0 Å². The van der Waals surface area contributed by atoms with Crippen molar-refractivity contribution < 1.29 is 0 Å². The molecule has 2 aliphatic heterocycles. The van der Waals surface area contributed by atoms with Crippen LogP contribution in [0.25, 0.3) is 39.6 Å². The summed E-state index contributed by atoms with van der Waals surface area (Å²) in [6.45, 7) is 4.70. The zero-order valence-electron chi connectivity index (χ0n) is 28.6. The first kappa shape index (κ1) is 29.6. The van der Waals surface area contributed by atoms with Crippen molar-refractivity contribution >= 4 is 34.4 Å². The molecule has 0 fully saturated rings. The number of para-hydroxylation sites is 2. The third kappa shape index (κ3) is 4.51. The lowest BCUT2D eigenvalue weighted by atomic mass is 9.71. The van der Waals surface area contributed by atoms with Crippen LogP contribution in [-0.4, -0.2) is 15.0 Å². The fourth-order valence-corrected chi connectivity index (χ4v) is 8.29. The van der Waals surface area contributed by atoms with Gasteiger partial charge in [-0.25, -0.2) is 4.98 Å². The summed E-state index contributed by atoms with van der Waals surface area (Å²) in [4.78, 5) is 20.6. The quantitative estimate of drug-likeness (QED) is 0.188. The predicted octanol–water partition coefficient (Wildman–Crippen LogP) is 11.4. The molecule has 0 spiro atoms. The Balaban J connectivity index is 1.34. The Morgan fingerprint density at radius 3 is 1.88 bits per heavy atom. The number of benzene rings is 6. The van der Waals surface area contributed by atoms with E-state index in [9.17, 15) is 0 Å². The number of allylic oxidation sites excluding steroid dienone is 1. The average Bonchev–Trinajstić information content (AvgIpc) is 3.19. The molecule has 3 aliphatic rings. The van der Waals surface area contributed by atoms with Gasteiger partial charge in [-0.1, -0.05) is 147 Å². The molecule has 0 saturated carbocycles. The summed E-state index contributed by atoms with van der Waals surface area (Å²) < 4.78 is 0. The highest BCUT2D eigenvalue weighted by atomic mass is 15.3. The van der Waals surface area contributed by atoms with Crippen molar-refractivity contribution in [3.8, 4) is 33.9 Å². The molecule has 0 bridgehead atoms. The SMILES string of the molecule is CC1(C)c2ccccc2N(c2ccccc2)c2c1ccc1c2N(c2nc(-c3ccccc3)nc(-c3ccccc3)n2)C2=CCCc3cccc-1c32. The van der Waals surface area contributed by atoms with Gasteiger partial charge in [-0.15, -0.1) is 0 Å². The smallest absolute Gasteiger partial charge is 0.238 e. The Bertz CT molecular complexity index is 2450. The van der Waals surface area contributed by atoms with Crippen LogP contribution in [0.15, 0.2) is 152 Å². The van der Waals surface area contributed by atoms with Crippen LogP contribution in [0.1, 0.15) is 42.5 Å². The number of anilines is 5. The lowest BCUT2D eigenvalue weighted by molar-refractivity contribution is 0.632. The lowest BCUT2D eigenvalue weighted by Crippen LogP contribution is -2.34. The monoisotopic (exact) mass is 657 g/mol. The number of aryl methyl sites for hydroxylation is 1. The second-order valence-electron chi connectivity index (χ2n) is 14.0. The maximum atomic E-state index is 5.35. The molecule has 6 aromatic carbocycles. The van der Waals surface area contributed by atoms with Crippen molar-refractivity contribution in [3.63, 3.8) is 0 Å². The minimum absolute atomic E-state index is 0.273. The molecule has 1 aliphatic carbocycles. The van der Waals surface area contributed by atoms with E-state index in [2.05, 4.69) is 139 Å². The van der Waals surface area contributed by atoms with E-state index in [-0.39, 0.29) is 5.41 Å². The van der Waals surface area contributed by atoms with E-state index >= 15 is 0 Å². The third-order valence-electron chi connectivity index (χ3n) is 10.7. The molecule has 51 heavy (non-hydrogen) atoms. The maximum Gasteiger partial charge on any atom is 0.238 e. The molecule has 244 valence electrons. The van der Waals surface area contributed by atoms with Gasteiger partial charge in [0.25, 0.3) is 0 Å². The van der Waals surface area contributed by atoms with Crippen LogP contribution in [0, 0.1) is 0 Å². The lowest BCUT2D eigenvalue weighted by Gasteiger charge is -2.46. The standard InChI is InChI=1S/C46H35N5/c1-46(2)36-25-12-13-26-38(36)50(33-22-10-5-11-23-33)42-37(46)29-28-35-34-24-14-20-30-21-15-27-39(40(30)34)51(41(35)42)45-48-43(31-16-6-3-7-17-31)47-44(49-45)32-18-8-4-9-19-32/h3-14,16-20,22-29H,15,21H2,1-2H3. The summed E-state index contributed by atoms with van der Waals surface area (Å²) in [5, 5.41) is 0. The Kier molecular flexibility index (Phi) is 6.59. The van der Waals surface area contributed by atoms with Gasteiger partial charge in [0.2, 0.25) is 5.95 Å². The van der Waals surface area contributed by atoms with Crippen molar-refractivity contribution in [2.75, 3.05) is 9.80 Å². The van der Waals surface area contributed by atoms with Crippen LogP contribution >= 0.6 is 0 Å². The van der Waals surface area contributed by atoms with Gasteiger partial charge in [0.05, 0.1) is 22.8 Å².